The maximum Gasteiger partial charge on any atom is 0.271 e. The molecule has 0 spiro atoms. The average Bonchev–Trinajstić information content (AvgIpc) is 2.80. The fourth-order valence-corrected chi connectivity index (χ4v) is 2.96. The molecule has 0 saturated carbocycles. The van der Waals surface area contributed by atoms with Crippen LogP contribution in [-0.2, 0) is 6.61 Å². The molecule has 1 amide bonds. The number of hydrazone groups is 1. The number of rotatable bonds is 8. The second-order valence-electron chi connectivity index (χ2n) is 6.64. The third kappa shape index (κ3) is 5.89. The number of aromatic hydroxyl groups is 1. The van der Waals surface area contributed by atoms with Crippen molar-refractivity contribution in [3.63, 3.8) is 0 Å². The fraction of sp³-hybridized carbons (Fsp3) is 0.130. The first-order valence-electron chi connectivity index (χ1n) is 9.47. The summed E-state index contributed by atoms with van der Waals surface area (Å²) in [6.45, 7) is -0.183. The summed E-state index contributed by atoms with van der Waals surface area (Å²) in [5.74, 6) is -1.33. The van der Waals surface area contributed by atoms with Crippen LogP contribution in [0.2, 0.25) is 5.02 Å². The van der Waals surface area contributed by atoms with Gasteiger partial charge in [-0.2, -0.15) is 5.10 Å². The molecule has 0 aliphatic carbocycles. The van der Waals surface area contributed by atoms with Gasteiger partial charge in [0.05, 0.1) is 25.5 Å². The van der Waals surface area contributed by atoms with Gasteiger partial charge in [0.2, 0.25) is 5.75 Å². The lowest BCUT2D eigenvalue weighted by atomic mass is 10.2. The largest absolute Gasteiger partial charge is 0.506 e. The Kier molecular flexibility index (Phi) is 7.68. The van der Waals surface area contributed by atoms with Crippen LogP contribution in [-0.4, -0.2) is 31.4 Å². The van der Waals surface area contributed by atoms with E-state index in [1.165, 1.54) is 44.7 Å². The van der Waals surface area contributed by atoms with Crippen molar-refractivity contribution in [2.75, 3.05) is 14.2 Å². The zero-order valence-corrected chi connectivity index (χ0v) is 18.3. The second kappa shape index (κ2) is 10.6. The van der Waals surface area contributed by atoms with Gasteiger partial charge in [-0.25, -0.2) is 14.2 Å². The lowest BCUT2D eigenvalue weighted by Crippen LogP contribution is -2.17. The molecule has 7 nitrogen and oxygen atoms in total. The van der Waals surface area contributed by atoms with Gasteiger partial charge in [0.1, 0.15) is 24.0 Å². The summed E-state index contributed by atoms with van der Waals surface area (Å²) in [4.78, 5) is 12.2. The lowest BCUT2D eigenvalue weighted by Gasteiger charge is -2.15. The fourth-order valence-electron chi connectivity index (χ4n) is 2.78. The molecule has 10 heteroatoms. The second-order valence-corrected chi connectivity index (χ2v) is 7.05. The number of amides is 1. The summed E-state index contributed by atoms with van der Waals surface area (Å²) in [7, 11) is 2.83. The van der Waals surface area contributed by atoms with Crippen LogP contribution in [0.1, 0.15) is 21.5 Å². The number of halogens is 3. The molecule has 33 heavy (non-hydrogen) atoms. The van der Waals surface area contributed by atoms with E-state index in [0.717, 1.165) is 12.1 Å². The number of nitrogens with one attached hydrogen (secondary N) is 1. The van der Waals surface area contributed by atoms with E-state index in [1.54, 1.807) is 12.1 Å². The van der Waals surface area contributed by atoms with Crippen molar-refractivity contribution in [1.29, 1.82) is 0 Å². The molecular formula is C23H19ClF2N2O5. The minimum Gasteiger partial charge on any atom is -0.506 e. The quantitative estimate of drug-likeness (QED) is 0.364. The van der Waals surface area contributed by atoms with E-state index in [-0.39, 0.29) is 45.8 Å². The predicted molar refractivity (Wildman–Crippen MR) is 118 cm³/mol. The van der Waals surface area contributed by atoms with E-state index in [4.69, 9.17) is 25.8 Å². The standard InChI is InChI=1S/C23H19ClF2N2O5/c1-31-20-7-13(11-27-28-23(30)14-4-6-19(29)17(24)9-14)8-21(32-2)22(20)33-12-15-3-5-16(25)10-18(15)26/h3-11,29H,12H2,1-2H3,(H,28,30)/b27-11+. The number of carbonyl (C=O) groups is 1. The van der Waals surface area contributed by atoms with Crippen LogP contribution >= 0.6 is 11.6 Å². The van der Waals surface area contributed by atoms with Gasteiger partial charge in [-0.15, -0.1) is 0 Å². The molecule has 0 heterocycles. The average molecular weight is 477 g/mol. The summed E-state index contributed by atoms with van der Waals surface area (Å²) in [6.07, 6.45) is 1.36. The molecule has 0 saturated heterocycles. The van der Waals surface area contributed by atoms with Crippen LogP contribution in [0.4, 0.5) is 8.78 Å². The van der Waals surface area contributed by atoms with Crippen LogP contribution in [0.15, 0.2) is 53.6 Å². The third-order valence-corrected chi connectivity index (χ3v) is 4.76. The highest BCUT2D eigenvalue weighted by Crippen LogP contribution is 2.39. The smallest absolute Gasteiger partial charge is 0.271 e. The molecule has 0 unspecified atom stereocenters. The van der Waals surface area contributed by atoms with Gasteiger partial charge in [-0.3, -0.25) is 4.79 Å². The molecule has 0 fully saturated rings. The van der Waals surface area contributed by atoms with Crippen LogP contribution in [0, 0.1) is 11.6 Å². The lowest BCUT2D eigenvalue weighted by molar-refractivity contribution is 0.0955. The van der Waals surface area contributed by atoms with Crippen LogP contribution in [0.25, 0.3) is 0 Å². The normalized spacial score (nSPS) is 10.8. The van der Waals surface area contributed by atoms with Crippen molar-refractivity contribution in [3.05, 3.63) is 81.9 Å². The Morgan fingerprint density at radius 1 is 1.09 bits per heavy atom. The van der Waals surface area contributed by atoms with Crippen LogP contribution in [0.5, 0.6) is 23.0 Å². The van der Waals surface area contributed by atoms with E-state index in [9.17, 15) is 18.7 Å². The SMILES string of the molecule is COc1cc(/C=N/NC(=O)c2ccc(O)c(Cl)c2)cc(OC)c1OCc1ccc(F)cc1F. The van der Waals surface area contributed by atoms with Gasteiger partial charge in [0.25, 0.3) is 5.91 Å². The monoisotopic (exact) mass is 476 g/mol. The number of hydrogen-bond donors (Lipinski definition) is 2. The van der Waals surface area contributed by atoms with Gasteiger partial charge in [0, 0.05) is 22.8 Å². The first-order valence-corrected chi connectivity index (χ1v) is 9.84. The summed E-state index contributed by atoms with van der Waals surface area (Å²) in [6, 6.07) is 10.3. The van der Waals surface area contributed by atoms with Gasteiger partial charge in [-0.1, -0.05) is 11.6 Å². The number of phenolic OH excluding ortho intramolecular Hbond substituents is 1. The van der Waals surface area contributed by atoms with Crippen LogP contribution in [0.3, 0.4) is 0 Å². The minimum atomic E-state index is -0.734. The molecule has 0 radical (unpaired) electrons. The number of hydrogen-bond acceptors (Lipinski definition) is 6. The number of phenols is 1. The van der Waals surface area contributed by atoms with Crippen molar-refractivity contribution in [1.82, 2.24) is 5.43 Å². The Morgan fingerprint density at radius 2 is 1.79 bits per heavy atom. The Hall–Kier alpha value is -3.85. The van der Waals surface area contributed by atoms with Crippen molar-refractivity contribution in [2.24, 2.45) is 5.10 Å². The molecule has 0 aliphatic rings. The number of methoxy groups -OCH3 is 2. The Balaban J connectivity index is 1.75. The summed E-state index contributed by atoms with van der Waals surface area (Å²) >= 11 is 5.80. The highest BCUT2D eigenvalue weighted by atomic mass is 35.5. The first-order chi connectivity index (χ1) is 15.8. The predicted octanol–water partition coefficient (Wildman–Crippen LogP) is 4.68. The van der Waals surface area contributed by atoms with Gasteiger partial charge >= 0.3 is 0 Å². The summed E-state index contributed by atoms with van der Waals surface area (Å²) in [5.41, 5.74) is 3.22. The van der Waals surface area contributed by atoms with E-state index < -0.39 is 17.5 Å². The van der Waals surface area contributed by atoms with Crippen LogP contribution < -0.4 is 19.6 Å². The highest BCUT2D eigenvalue weighted by Gasteiger charge is 2.15. The number of carbonyl (C=O) groups excluding carboxylic acids is 1. The highest BCUT2D eigenvalue weighted by molar-refractivity contribution is 6.32. The maximum absolute atomic E-state index is 13.9. The van der Waals surface area contributed by atoms with Gasteiger partial charge in [-0.05, 0) is 42.5 Å². The topological polar surface area (TPSA) is 89.4 Å². The summed E-state index contributed by atoms with van der Waals surface area (Å²) < 4.78 is 43.4. The van der Waals surface area contributed by atoms with Crippen molar-refractivity contribution < 1.29 is 32.9 Å². The third-order valence-electron chi connectivity index (χ3n) is 4.46. The van der Waals surface area contributed by atoms with E-state index in [0.29, 0.717) is 5.56 Å². The number of benzene rings is 3. The molecule has 0 bridgehead atoms. The molecule has 0 aromatic heterocycles. The molecule has 0 atom stereocenters. The van der Waals surface area contributed by atoms with E-state index in [1.807, 2.05) is 0 Å². The zero-order chi connectivity index (χ0) is 24.0. The molecule has 2 N–H and O–H groups in total. The molecule has 3 aromatic rings. The molecule has 0 aliphatic heterocycles. The Morgan fingerprint density at radius 3 is 2.39 bits per heavy atom. The Labute approximate surface area is 193 Å². The number of nitrogens with zero attached hydrogens (tertiary/aromatic N) is 1. The zero-order valence-electron chi connectivity index (χ0n) is 17.6. The first kappa shape index (κ1) is 23.8. The van der Waals surface area contributed by atoms with E-state index >= 15 is 0 Å². The van der Waals surface area contributed by atoms with Crippen molar-refractivity contribution in [3.8, 4) is 23.0 Å². The van der Waals surface area contributed by atoms with Gasteiger partial charge < -0.3 is 19.3 Å². The van der Waals surface area contributed by atoms with Crippen molar-refractivity contribution in [2.45, 2.75) is 6.61 Å². The Bertz CT molecular complexity index is 1180. The molecule has 172 valence electrons. The molecule has 3 aromatic carbocycles. The molecule has 3 rings (SSSR count). The van der Waals surface area contributed by atoms with Gasteiger partial charge in [0.15, 0.2) is 11.5 Å². The summed E-state index contributed by atoms with van der Waals surface area (Å²) in [5, 5.41) is 13.4. The molecular weight excluding hydrogens is 458 g/mol. The minimum absolute atomic E-state index is 0.0391. The van der Waals surface area contributed by atoms with Crippen molar-refractivity contribution >= 4 is 23.7 Å². The maximum atomic E-state index is 13.9. The number of ether oxygens (including phenoxy) is 3. The van der Waals surface area contributed by atoms with E-state index in [2.05, 4.69) is 10.5 Å².